The van der Waals surface area contributed by atoms with E-state index in [2.05, 4.69) is 4.98 Å². The predicted octanol–water partition coefficient (Wildman–Crippen LogP) is 1.43. The summed E-state index contributed by atoms with van der Waals surface area (Å²) in [5.41, 5.74) is 2.57. The Kier molecular flexibility index (Phi) is 3.69. The first-order valence-corrected chi connectivity index (χ1v) is 7.84. The Balaban J connectivity index is 1.76. The molecule has 21 heavy (non-hydrogen) atoms. The smallest absolute Gasteiger partial charge is 0.254 e. The van der Waals surface area contributed by atoms with Crippen LogP contribution in [-0.4, -0.2) is 65.1 Å². The molecule has 6 heteroatoms. The van der Waals surface area contributed by atoms with Gasteiger partial charge in [-0.3, -0.25) is 4.79 Å². The van der Waals surface area contributed by atoms with Gasteiger partial charge in [0.1, 0.15) is 0 Å². The van der Waals surface area contributed by atoms with Crippen molar-refractivity contribution in [2.45, 2.75) is 12.0 Å². The first-order valence-electron chi connectivity index (χ1n) is 6.96. The largest absolute Gasteiger partial charge is 0.387 e. The summed E-state index contributed by atoms with van der Waals surface area (Å²) in [6.45, 7) is 1.57. The molecule has 5 nitrogen and oxygen atoms in total. The monoisotopic (exact) mass is 305 g/mol. The van der Waals surface area contributed by atoms with Gasteiger partial charge >= 0.3 is 0 Å². The van der Waals surface area contributed by atoms with Gasteiger partial charge in [-0.25, -0.2) is 4.98 Å². The van der Waals surface area contributed by atoms with Gasteiger partial charge in [0.05, 0.1) is 27.9 Å². The molecule has 1 fully saturated rings. The van der Waals surface area contributed by atoms with Gasteiger partial charge < -0.3 is 14.9 Å². The lowest BCUT2D eigenvalue weighted by Crippen LogP contribution is -2.43. The highest BCUT2D eigenvalue weighted by atomic mass is 32.1. The molecule has 3 rings (SSSR count). The fourth-order valence-corrected chi connectivity index (χ4v) is 3.63. The molecule has 2 aromatic rings. The van der Waals surface area contributed by atoms with Crippen molar-refractivity contribution in [3.05, 3.63) is 29.3 Å². The number of carbonyl (C=O) groups excluding carboxylic acids is 1. The summed E-state index contributed by atoms with van der Waals surface area (Å²) in [4.78, 5) is 20.5. The van der Waals surface area contributed by atoms with Crippen LogP contribution in [0.2, 0.25) is 0 Å². The summed E-state index contributed by atoms with van der Waals surface area (Å²) in [5.74, 6) is -0.0139. The van der Waals surface area contributed by atoms with Gasteiger partial charge in [0, 0.05) is 18.7 Å². The number of thiazole rings is 1. The van der Waals surface area contributed by atoms with Crippen LogP contribution in [0.25, 0.3) is 10.2 Å². The fourth-order valence-electron chi connectivity index (χ4n) is 2.92. The lowest BCUT2D eigenvalue weighted by atomic mass is 10.0. The van der Waals surface area contributed by atoms with E-state index in [0.29, 0.717) is 31.6 Å². The summed E-state index contributed by atoms with van der Waals surface area (Å²) in [7, 11) is 3.86. The average Bonchev–Trinajstić information content (AvgIpc) is 3.02. The van der Waals surface area contributed by atoms with E-state index in [1.165, 1.54) is 11.3 Å². The zero-order chi connectivity index (χ0) is 15.0. The number of aromatic nitrogens is 1. The number of nitrogens with zero attached hydrogens (tertiary/aromatic N) is 3. The number of rotatable bonds is 3. The molecule has 0 spiro atoms. The van der Waals surface area contributed by atoms with E-state index in [1.54, 1.807) is 10.4 Å². The molecule has 1 aliphatic heterocycles. The van der Waals surface area contributed by atoms with Crippen LogP contribution in [-0.2, 0) is 0 Å². The van der Waals surface area contributed by atoms with E-state index in [4.69, 9.17) is 0 Å². The second-order valence-electron chi connectivity index (χ2n) is 5.97. The number of carbonyl (C=O) groups is 1. The zero-order valence-corrected chi connectivity index (χ0v) is 13.1. The van der Waals surface area contributed by atoms with Gasteiger partial charge in [0.2, 0.25) is 0 Å². The molecule has 1 aromatic heterocycles. The van der Waals surface area contributed by atoms with Crippen molar-refractivity contribution in [2.24, 2.45) is 0 Å². The standard InChI is InChI=1S/C15H19N3O2S/c1-17(2)8-15(20)5-6-18(9-15)14(19)11-3-4-12-13(7-11)21-10-16-12/h3-4,7,10,20H,5-6,8-9H2,1-2H3. The average molecular weight is 305 g/mol. The minimum absolute atomic E-state index is 0.0139. The predicted molar refractivity (Wildman–Crippen MR) is 83.6 cm³/mol. The number of likely N-dealkylation sites (N-methyl/N-ethyl adjacent to an activating group) is 1. The van der Waals surface area contributed by atoms with E-state index in [0.717, 1.165) is 10.2 Å². The lowest BCUT2D eigenvalue weighted by molar-refractivity contribution is 0.0236. The highest BCUT2D eigenvalue weighted by Crippen LogP contribution is 2.25. The third-order valence-corrected chi connectivity index (χ3v) is 4.60. The first kappa shape index (κ1) is 14.4. The number of amides is 1. The van der Waals surface area contributed by atoms with E-state index >= 15 is 0 Å². The summed E-state index contributed by atoms with van der Waals surface area (Å²) in [6.07, 6.45) is 0.625. The third-order valence-electron chi connectivity index (χ3n) is 3.81. The molecule has 1 amide bonds. The van der Waals surface area contributed by atoms with Crippen LogP contribution < -0.4 is 0 Å². The molecule has 112 valence electrons. The molecule has 1 saturated heterocycles. The van der Waals surface area contributed by atoms with Gasteiger partial charge in [-0.05, 0) is 38.7 Å². The summed E-state index contributed by atoms with van der Waals surface area (Å²) >= 11 is 1.53. The SMILES string of the molecule is CN(C)CC1(O)CCN(C(=O)c2ccc3ncsc3c2)C1. The van der Waals surface area contributed by atoms with Crippen molar-refractivity contribution in [2.75, 3.05) is 33.7 Å². The highest BCUT2D eigenvalue weighted by Gasteiger charge is 2.38. The molecule has 0 radical (unpaired) electrons. The maximum absolute atomic E-state index is 12.6. The Hall–Kier alpha value is -1.50. The number of hydrogen-bond donors (Lipinski definition) is 1. The fraction of sp³-hybridized carbons (Fsp3) is 0.467. The van der Waals surface area contributed by atoms with Crippen molar-refractivity contribution < 1.29 is 9.90 Å². The number of likely N-dealkylation sites (tertiary alicyclic amines) is 1. The van der Waals surface area contributed by atoms with E-state index in [-0.39, 0.29) is 5.91 Å². The Labute approximate surface area is 127 Å². The van der Waals surface area contributed by atoms with Gasteiger partial charge in [-0.1, -0.05) is 0 Å². The molecule has 0 aliphatic carbocycles. The Morgan fingerprint density at radius 3 is 3.10 bits per heavy atom. The second kappa shape index (κ2) is 5.36. The second-order valence-corrected chi connectivity index (χ2v) is 6.86. The first-order chi connectivity index (χ1) is 9.97. The van der Waals surface area contributed by atoms with Crippen LogP contribution in [0, 0.1) is 0 Å². The summed E-state index contributed by atoms with van der Waals surface area (Å²) in [5, 5.41) is 10.5. The van der Waals surface area contributed by atoms with Crippen molar-refractivity contribution >= 4 is 27.5 Å². The Bertz CT molecular complexity index is 670. The number of β-amino-alcohol motifs (C(OH)–C–C–N with tert-alkyl or cyclic N) is 1. The van der Waals surface area contributed by atoms with Crippen molar-refractivity contribution in [3.8, 4) is 0 Å². The van der Waals surface area contributed by atoms with E-state index in [1.807, 2.05) is 37.2 Å². The normalized spacial score (nSPS) is 22.4. The van der Waals surface area contributed by atoms with Crippen LogP contribution in [0.4, 0.5) is 0 Å². The van der Waals surface area contributed by atoms with Gasteiger partial charge in [-0.2, -0.15) is 0 Å². The topological polar surface area (TPSA) is 56.7 Å². The molecule has 1 atom stereocenters. The zero-order valence-electron chi connectivity index (χ0n) is 12.2. The van der Waals surface area contributed by atoms with Crippen molar-refractivity contribution in [1.82, 2.24) is 14.8 Å². The van der Waals surface area contributed by atoms with Crippen LogP contribution in [0.5, 0.6) is 0 Å². The van der Waals surface area contributed by atoms with Gasteiger partial charge in [0.25, 0.3) is 5.91 Å². The minimum atomic E-state index is -0.798. The maximum Gasteiger partial charge on any atom is 0.254 e. The van der Waals surface area contributed by atoms with Gasteiger partial charge in [0.15, 0.2) is 0 Å². The number of benzene rings is 1. The van der Waals surface area contributed by atoms with Crippen LogP contribution in [0.1, 0.15) is 16.8 Å². The molecule has 0 saturated carbocycles. The van der Waals surface area contributed by atoms with E-state index < -0.39 is 5.60 Å². The number of hydrogen-bond acceptors (Lipinski definition) is 5. The number of aliphatic hydroxyl groups is 1. The van der Waals surface area contributed by atoms with Crippen molar-refractivity contribution in [1.29, 1.82) is 0 Å². The van der Waals surface area contributed by atoms with Crippen LogP contribution in [0.15, 0.2) is 23.7 Å². The summed E-state index contributed by atoms with van der Waals surface area (Å²) < 4.78 is 1.02. The minimum Gasteiger partial charge on any atom is -0.387 e. The number of fused-ring (bicyclic) bond motifs is 1. The van der Waals surface area contributed by atoms with Crippen LogP contribution in [0.3, 0.4) is 0 Å². The molecule has 0 bridgehead atoms. The maximum atomic E-state index is 12.6. The van der Waals surface area contributed by atoms with Crippen LogP contribution >= 0.6 is 11.3 Å². The molecular formula is C15H19N3O2S. The Morgan fingerprint density at radius 2 is 2.33 bits per heavy atom. The summed E-state index contributed by atoms with van der Waals surface area (Å²) in [6, 6.07) is 5.58. The molecule has 1 N–H and O–H groups in total. The molecule has 2 heterocycles. The quantitative estimate of drug-likeness (QED) is 0.932. The highest BCUT2D eigenvalue weighted by molar-refractivity contribution is 7.16. The molecular weight excluding hydrogens is 286 g/mol. The molecule has 1 aromatic carbocycles. The van der Waals surface area contributed by atoms with Gasteiger partial charge in [-0.15, -0.1) is 11.3 Å². The lowest BCUT2D eigenvalue weighted by Gasteiger charge is -2.26. The molecule has 1 aliphatic rings. The van der Waals surface area contributed by atoms with Crippen molar-refractivity contribution in [3.63, 3.8) is 0 Å². The Morgan fingerprint density at radius 1 is 1.52 bits per heavy atom. The molecule has 1 unspecified atom stereocenters. The van der Waals surface area contributed by atoms with E-state index in [9.17, 15) is 9.90 Å². The third kappa shape index (κ3) is 2.92.